The first-order chi connectivity index (χ1) is 3.06. The van der Waals surface area contributed by atoms with Crippen molar-refractivity contribution in [2.75, 3.05) is 0 Å². The second kappa shape index (κ2) is 2.66. The molecule has 7 heavy (non-hydrogen) atoms. The summed E-state index contributed by atoms with van der Waals surface area (Å²) in [5.74, 6) is 0. The van der Waals surface area contributed by atoms with Gasteiger partial charge in [-0.05, 0) is 0 Å². The van der Waals surface area contributed by atoms with Gasteiger partial charge >= 0.3 is 56.3 Å². The Morgan fingerprint density at radius 2 is 1.71 bits per heavy atom. The van der Waals surface area contributed by atoms with Gasteiger partial charge in [0, 0.05) is 0 Å². The van der Waals surface area contributed by atoms with Crippen molar-refractivity contribution in [3.05, 3.63) is 0 Å². The molecule has 0 unspecified atom stereocenters. The molecule has 0 aromatic carbocycles. The van der Waals surface area contributed by atoms with Gasteiger partial charge in [-0.3, -0.25) is 0 Å². The van der Waals surface area contributed by atoms with Crippen LogP contribution in [-0.4, -0.2) is 26.7 Å². The zero-order valence-electron chi connectivity index (χ0n) is 5.50. The first kappa shape index (κ1) is 7.41. The van der Waals surface area contributed by atoms with E-state index >= 15 is 0 Å². The van der Waals surface area contributed by atoms with E-state index in [0.29, 0.717) is 0 Å². The predicted molar refractivity (Wildman–Crippen MR) is 39.7 cm³/mol. The molecule has 0 spiro atoms. The molecule has 0 heterocycles. The Morgan fingerprint density at radius 3 is 1.71 bits per heavy atom. The molecule has 38 valence electrons. The molecule has 0 aliphatic carbocycles. The molecule has 0 saturated carbocycles. The Labute approximate surface area is 56.6 Å². The normalized spacial score (nSPS) is 9.57. The predicted octanol–water partition coefficient (Wildman–Crippen LogP) is 0.458. The van der Waals surface area contributed by atoms with E-state index in [1.54, 1.807) is 0 Å². The van der Waals surface area contributed by atoms with Crippen molar-refractivity contribution in [3.63, 3.8) is 0 Å². The van der Waals surface area contributed by atoms with Crippen LogP contribution in [0.4, 0.5) is 0 Å². The molecule has 0 rings (SSSR count). The van der Waals surface area contributed by atoms with E-state index in [1.165, 1.54) is 0 Å². The molecular formula is C5H11GaSi. The summed E-state index contributed by atoms with van der Waals surface area (Å²) in [6, 6.07) is 0. The SMILES string of the molecule is C[Si](C)(C)C#[C][GaH2]. The monoisotopic (exact) mass is 168 g/mol. The van der Waals surface area contributed by atoms with Crippen molar-refractivity contribution in [1.82, 2.24) is 0 Å². The van der Waals surface area contributed by atoms with Crippen LogP contribution in [0.3, 0.4) is 0 Å². The van der Waals surface area contributed by atoms with Crippen LogP contribution in [0.2, 0.25) is 19.6 Å². The van der Waals surface area contributed by atoms with Crippen molar-refractivity contribution >= 4 is 26.7 Å². The Balaban J connectivity index is 3.72. The van der Waals surface area contributed by atoms with Crippen LogP contribution in [-0.2, 0) is 0 Å². The quantitative estimate of drug-likeness (QED) is 0.365. The number of hydrogen-bond donors (Lipinski definition) is 0. The topological polar surface area (TPSA) is 0 Å². The Kier molecular flexibility index (Phi) is 2.81. The summed E-state index contributed by atoms with van der Waals surface area (Å²) in [7, 11) is -0.971. The maximum absolute atomic E-state index is 3.26. The fraction of sp³-hybridized carbons (Fsp3) is 0.600. The van der Waals surface area contributed by atoms with Gasteiger partial charge in [0.2, 0.25) is 0 Å². The second-order valence-electron chi connectivity index (χ2n) is 2.62. The zero-order chi connectivity index (χ0) is 5.91. The van der Waals surface area contributed by atoms with Crippen LogP contribution < -0.4 is 0 Å². The van der Waals surface area contributed by atoms with E-state index in [2.05, 4.69) is 29.7 Å². The molecule has 0 aromatic rings. The van der Waals surface area contributed by atoms with E-state index in [-0.39, 0.29) is 0 Å². The fourth-order valence-corrected chi connectivity index (χ4v) is 5.85. The van der Waals surface area contributed by atoms with Crippen LogP contribution in [0, 0.1) is 10.0 Å². The molecule has 0 aliphatic heterocycles. The van der Waals surface area contributed by atoms with Crippen molar-refractivity contribution < 1.29 is 0 Å². The Morgan fingerprint density at radius 1 is 1.29 bits per heavy atom. The van der Waals surface area contributed by atoms with Gasteiger partial charge < -0.3 is 0 Å². The molecule has 0 bridgehead atoms. The van der Waals surface area contributed by atoms with Crippen molar-refractivity contribution in [1.29, 1.82) is 0 Å². The summed E-state index contributed by atoms with van der Waals surface area (Å²) in [6.07, 6.45) is 0. The van der Waals surface area contributed by atoms with Crippen LogP contribution in [0.5, 0.6) is 0 Å². The first-order valence-electron chi connectivity index (χ1n) is 2.50. The van der Waals surface area contributed by atoms with Crippen LogP contribution in [0.1, 0.15) is 0 Å². The molecule has 0 aromatic heterocycles. The molecule has 0 saturated heterocycles. The van der Waals surface area contributed by atoms with Gasteiger partial charge in [0.05, 0.1) is 0 Å². The van der Waals surface area contributed by atoms with Crippen LogP contribution in [0.15, 0.2) is 0 Å². The van der Waals surface area contributed by atoms with Gasteiger partial charge in [0.25, 0.3) is 0 Å². The van der Waals surface area contributed by atoms with Crippen molar-refractivity contribution in [2.24, 2.45) is 0 Å². The molecule has 0 aliphatic rings. The van der Waals surface area contributed by atoms with E-state index in [9.17, 15) is 0 Å². The summed E-state index contributed by atoms with van der Waals surface area (Å²) in [4.78, 5) is 0. The zero-order valence-corrected chi connectivity index (χ0v) is 10.7. The summed E-state index contributed by atoms with van der Waals surface area (Å²) in [5.41, 5.74) is 3.26. The van der Waals surface area contributed by atoms with Crippen molar-refractivity contribution in [2.45, 2.75) is 19.6 Å². The first-order valence-corrected chi connectivity index (χ1v) is 8.10. The van der Waals surface area contributed by atoms with E-state index < -0.39 is 8.07 Å². The molecule has 0 radical (unpaired) electrons. The van der Waals surface area contributed by atoms with Crippen LogP contribution in [0.25, 0.3) is 0 Å². The summed E-state index contributed by atoms with van der Waals surface area (Å²) in [5, 5.41) is 0. The molecule has 0 amide bonds. The third-order valence-corrected chi connectivity index (χ3v) is 3.07. The van der Waals surface area contributed by atoms with Gasteiger partial charge in [-0.15, -0.1) is 0 Å². The Bertz CT molecular complexity index is 101. The molecule has 0 atom stereocenters. The van der Waals surface area contributed by atoms with Gasteiger partial charge in [-0.25, -0.2) is 0 Å². The van der Waals surface area contributed by atoms with E-state index in [4.69, 9.17) is 0 Å². The molecule has 2 heteroatoms. The fourth-order valence-electron chi connectivity index (χ4n) is 0.375. The van der Waals surface area contributed by atoms with E-state index in [0.717, 1.165) is 18.6 Å². The molecule has 0 nitrogen and oxygen atoms in total. The molecule has 0 N–H and O–H groups in total. The van der Waals surface area contributed by atoms with Gasteiger partial charge in [0.1, 0.15) is 0 Å². The Hall–Kier alpha value is 0.413. The van der Waals surface area contributed by atoms with Crippen LogP contribution >= 0.6 is 0 Å². The molecular weight excluding hydrogens is 158 g/mol. The minimum atomic E-state index is -0.971. The third-order valence-electron chi connectivity index (χ3n) is 0.500. The average Bonchev–Trinajstić information content (AvgIpc) is 1.30. The maximum atomic E-state index is 3.26. The van der Waals surface area contributed by atoms with Gasteiger partial charge in [-0.1, -0.05) is 0 Å². The van der Waals surface area contributed by atoms with E-state index in [1.807, 2.05) is 0 Å². The van der Waals surface area contributed by atoms with Crippen molar-refractivity contribution in [3.8, 4) is 10.0 Å². The average molecular weight is 169 g/mol. The minimum absolute atomic E-state index is 0.743. The van der Waals surface area contributed by atoms with Gasteiger partial charge in [0.15, 0.2) is 0 Å². The summed E-state index contributed by atoms with van der Waals surface area (Å²) < 4.78 is 3.11. The summed E-state index contributed by atoms with van der Waals surface area (Å²) >= 11 is 0.743. The summed E-state index contributed by atoms with van der Waals surface area (Å²) in [6.45, 7) is 6.81. The molecule has 0 fully saturated rings. The second-order valence-corrected chi connectivity index (χ2v) is 8.42. The van der Waals surface area contributed by atoms with Gasteiger partial charge in [-0.2, -0.15) is 0 Å². The number of hydrogen-bond acceptors (Lipinski definition) is 0. The third kappa shape index (κ3) is 6.41. The number of rotatable bonds is 0. The standard InChI is InChI=1S/C5H9Si.Ga.2H/c1-5-6(2,3)4;;;/h2-4H3;;;.